The maximum atomic E-state index is 10.6. The minimum absolute atomic E-state index is 0.409. The van der Waals surface area contributed by atoms with Crippen LogP contribution in [0.5, 0.6) is 0 Å². The van der Waals surface area contributed by atoms with Crippen LogP contribution in [-0.2, 0) is 4.79 Å². The van der Waals surface area contributed by atoms with Crippen LogP contribution in [0.1, 0.15) is 31.5 Å². The molecule has 1 aromatic rings. The van der Waals surface area contributed by atoms with Gasteiger partial charge in [-0.05, 0) is 6.42 Å². The van der Waals surface area contributed by atoms with Crippen molar-refractivity contribution < 1.29 is 9.90 Å². The lowest BCUT2D eigenvalue weighted by atomic mass is 10.2. The number of hydrogen-bond acceptors (Lipinski definition) is 5. The molecule has 15 heavy (non-hydrogen) atoms. The molecular formula is C9H15N3O2S. The van der Waals surface area contributed by atoms with Crippen LogP contribution >= 0.6 is 11.3 Å². The Balaban J connectivity index is 2.52. The second-order valence-corrected chi connectivity index (χ2v) is 4.03. The summed E-state index contributed by atoms with van der Waals surface area (Å²) in [5, 5.41) is 14.2. The maximum Gasteiger partial charge on any atom is 0.326 e. The first kappa shape index (κ1) is 11.9. The molecule has 0 aliphatic carbocycles. The lowest BCUT2D eigenvalue weighted by Gasteiger charge is -2.01. The third-order valence-electron chi connectivity index (χ3n) is 1.91. The zero-order valence-corrected chi connectivity index (χ0v) is 9.38. The van der Waals surface area contributed by atoms with Gasteiger partial charge in [0.15, 0.2) is 5.13 Å². The van der Waals surface area contributed by atoms with Gasteiger partial charge in [0.2, 0.25) is 0 Å². The molecule has 1 heterocycles. The van der Waals surface area contributed by atoms with E-state index in [0.29, 0.717) is 5.69 Å². The molecule has 0 aliphatic heterocycles. The van der Waals surface area contributed by atoms with Gasteiger partial charge in [0, 0.05) is 11.9 Å². The number of nitrogens with one attached hydrogen (secondary N) is 1. The van der Waals surface area contributed by atoms with Gasteiger partial charge in [0.05, 0.1) is 5.69 Å². The van der Waals surface area contributed by atoms with Gasteiger partial charge in [-0.15, -0.1) is 11.3 Å². The molecule has 84 valence electrons. The molecule has 0 saturated heterocycles. The fourth-order valence-corrected chi connectivity index (χ4v) is 1.78. The van der Waals surface area contributed by atoms with E-state index in [9.17, 15) is 4.79 Å². The molecule has 0 spiro atoms. The largest absolute Gasteiger partial charge is 0.480 e. The first-order valence-electron chi connectivity index (χ1n) is 4.82. The van der Waals surface area contributed by atoms with Crippen LogP contribution in [-0.4, -0.2) is 22.6 Å². The molecule has 0 bridgehead atoms. The average Bonchev–Trinajstić information content (AvgIpc) is 2.65. The predicted octanol–water partition coefficient (Wildman–Crippen LogP) is 1.44. The molecule has 0 aliphatic rings. The van der Waals surface area contributed by atoms with Crippen molar-refractivity contribution in [1.29, 1.82) is 0 Å². The van der Waals surface area contributed by atoms with Crippen molar-refractivity contribution in [3.63, 3.8) is 0 Å². The summed E-state index contributed by atoms with van der Waals surface area (Å²) in [7, 11) is 0. The number of hydrogen-bond donors (Lipinski definition) is 3. The van der Waals surface area contributed by atoms with E-state index in [-0.39, 0.29) is 0 Å². The van der Waals surface area contributed by atoms with Crippen LogP contribution in [0.2, 0.25) is 0 Å². The molecular weight excluding hydrogens is 214 g/mol. The van der Waals surface area contributed by atoms with E-state index in [1.165, 1.54) is 11.3 Å². The molecule has 1 rings (SSSR count). The Hall–Kier alpha value is -1.14. The van der Waals surface area contributed by atoms with E-state index in [1.807, 2.05) is 0 Å². The highest BCUT2D eigenvalue weighted by Crippen LogP contribution is 2.19. The van der Waals surface area contributed by atoms with Crippen LogP contribution in [0.15, 0.2) is 5.38 Å². The van der Waals surface area contributed by atoms with Crippen LogP contribution in [0, 0.1) is 0 Å². The van der Waals surface area contributed by atoms with Crippen molar-refractivity contribution in [1.82, 2.24) is 4.98 Å². The van der Waals surface area contributed by atoms with Gasteiger partial charge in [-0.3, -0.25) is 4.79 Å². The van der Waals surface area contributed by atoms with E-state index in [4.69, 9.17) is 10.8 Å². The van der Waals surface area contributed by atoms with Gasteiger partial charge < -0.3 is 16.2 Å². The van der Waals surface area contributed by atoms with Crippen molar-refractivity contribution >= 4 is 22.4 Å². The topological polar surface area (TPSA) is 88.2 Å². The molecule has 0 amide bonds. The summed E-state index contributed by atoms with van der Waals surface area (Å²) in [5.41, 5.74) is 5.83. The smallest absolute Gasteiger partial charge is 0.326 e. The fraction of sp³-hybridized carbons (Fsp3) is 0.556. The minimum atomic E-state index is -1.06. The molecule has 6 heteroatoms. The monoisotopic (exact) mass is 229 g/mol. The number of anilines is 1. The molecule has 0 aromatic carbocycles. The lowest BCUT2D eigenvalue weighted by molar-refractivity contribution is -0.138. The summed E-state index contributed by atoms with van der Waals surface area (Å²) in [6, 6.07) is -1.03. The van der Waals surface area contributed by atoms with E-state index in [2.05, 4.69) is 17.2 Å². The van der Waals surface area contributed by atoms with Crippen molar-refractivity contribution in [2.75, 3.05) is 11.9 Å². The second-order valence-electron chi connectivity index (χ2n) is 3.17. The standard InChI is InChI=1S/C9H15N3O2S/c1-2-3-4-11-9-12-6(5-15-9)7(10)8(13)14/h5,7H,2-4,10H2,1H3,(H,11,12)(H,13,14). The number of carboxylic acid groups (broad SMARTS) is 1. The number of carbonyl (C=O) groups is 1. The van der Waals surface area contributed by atoms with Crippen LogP contribution in [0.3, 0.4) is 0 Å². The van der Waals surface area contributed by atoms with Gasteiger partial charge in [-0.2, -0.15) is 0 Å². The first-order valence-corrected chi connectivity index (χ1v) is 5.70. The zero-order valence-electron chi connectivity index (χ0n) is 8.56. The Morgan fingerprint density at radius 1 is 1.80 bits per heavy atom. The number of unbranched alkanes of at least 4 members (excludes halogenated alkanes) is 1. The third kappa shape index (κ3) is 3.49. The van der Waals surface area contributed by atoms with Crippen LogP contribution in [0.25, 0.3) is 0 Å². The number of thiazole rings is 1. The van der Waals surface area contributed by atoms with Crippen LogP contribution in [0.4, 0.5) is 5.13 Å². The van der Waals surface area contributed by atoms with Gasteiger partial charge in [0.1, 0.15) is 6.04 Å². The van der Waals surface area contributed by atoms with E-state index < -0.39 is 12.0 Å². The Labute approximate surface area is 92.3 Å². The molecule has 1 aromatic heterocycles. The second kappa shape index (κ2) is 5.67. The number of nitrogens with two attached hydrogens (primary N) is 1. The molecule has 0 radical (unpaired) electrons. The predicted molar refractivity (Wildman–Crippen MR) is 60.1 cm³/mol. The minimum Gasteiger partial charge on any atom is -0.480 e. The highest BCUT2D eigenvalue weighted by Gasteiger charge is 2.17. The number of carboxylic acids is 1. The molecule has 4 N–H and O–H groups in total. The normalized spacial score (nSPS) is 12.4. The van der Waals surface area contributed by atoms with Gasteiger partial charge in [0.25, 0.3) is 0 Å². The maximum absolute atomic E-state index is 10.6. The Morgan fingerprint density at radius 2 is 2.53 bits per heavy atom. The Bertz CT molecular complexity index is 327. The summed E-state index contributed by atoms with van der Waals surface area (Å²) >= 11 is 1.38. The number of aromatic nitrogens is 1. The van der Waals surface area contributed by atoms with Crippen molar-refractivity contribution in [3.05, 3.63) is 11.1 Å². The van der Waals surface area contributed by atoms with E-state index in [0.717, 1.165) is 24.5 Å². The number of nitrogens with zero attached hydrogens (tertiary/aromatic N) is 1. The van der Waals surface area contributed by atoms with Gasteiger partial charge in [-0.1, -0.05) is 13.3 Å². The summed E-state index contributed by atoms with van der Waals surface area (Å²) in [4.78, 5) is 14.7. The summed E-state index contributed by atoms with van der Waals surface area (Å²) in [6.07, 6.45) is 2.18. The summed E-state index contributed by atoms with van der Waals surface area (Å²) in [6.45, 7) is 2.96. The Kier molecular flexibility index (Phi) is 4.51. The Morgan fingerprint density at radius 3 is 3.13 bits per heavy atom. The van der Waals surface area contributed by atoms with Crippen molar-refractivity contribution in [2.24, 2.45) is 5.73 Å². The summed E-state index contributed by atoms with van der Waals surface area (Å²) in [5.74, 6) is -1.06. The van der Waals surface area contributed by atoms with E-state index in [1.54, 1.807) is 5.38 Å². The molecule has 5 nitrogen and oxygen atoms in total. The zero-order chi connectivity index (χ0) is 11.3. The third-order valence-corrected chi connectivity index (χ3v) is 2.73. The van der Waals surface area contributed by atoms with Gasteiger partial charge in [-0.25, -0.2) is 4.98 Å². The molecule has 0 fully saturated rings. The first-order chi connectivity index (χ1) is 7.15. The van der Waals surface area contributed by atoms with Crippen molar-refractivity contribution in [3.8, 4) is 0 Å². The van der Waals surface area contributed by atoms with Crippen LogP contribution < -0.4 is 11.1 Å². The van der Waals surface area contributed by atoms with Crippen molar-refractivity contribution in [2.45, 2.75) is 25.8 Å². The number of aliphatic carboxylic acids is 1. The quantitative estimate of drug-likeness (QED) is 0.642. The highest BCUT2D eigenvalue weighted by molar-refractivity contribution is 7.13. The SMILES string of the molecule is CCCCNc1nc(C(N)C(=O)O)cs1. The molecule has 1 unspecified atom stereocenters. The molecule has 0 saturated carbocycles. The highest BCUT2D eigenvalue weighted by atomic mass is 32.1. The summed E-state index contributed by atoms with van der Waals surface area (Å²) < 4.78 is 0. The average molecular weight is 229 g/mol. The molecule has 1 atom stereocenters. The van der Waals surface area contributed by atoms with E-state index >= 15 is 0 Å². The van der Waals surface area contributed by atoms with Gasteiger partial charge >= 0.3 is 5.97 Å². The number of rotatable bonds is 6. The lowest BCUT2D eigenvalue weighted by Crippen LogP contribution is -2.20. The fourth-order valence-electron chi connectivity index (χ4n) is 1.01.